The SMILES string of the molecule is O=C1NCC(=O)N2CCN(Cc3c[nH]c4c3=CCCC=4)CC12. The van der Waals surface area contributed by atoms with Crippen LogP contribution in [0.4, 0.5) is 0 Å². The summed E-state index contributed by atoms with van der Waals surface area (Å²) in [6.45, 7) is 3.03. The predicted molar refractivity (Wildman–Crippen MR) is 82.0 cm³/mol. The van der Waals surface area contributed by atoms with Crippen molar-refractivity contribution >= 4 is 24.0 Å². The molecule has 4 rings (SSSR count). The van der Waals surface area contributed by atoms with Gasteiger partial charge in [0, 0.05) is 37.7 Å². The lowest BCUT2D eigenvalue weighted by atomic mass is 10.1. The van der Waals surface area contributed by atoms with Crippen LogP contribution in [0.1, 0.15) is 18.4 Å². The zero-order chi connectivity index (χ0) is 15.1. The van der Waals surface area contributed by atoms with E-state index >= 15 is 0 Å². The minimum atomic E-state index is -0.333. The molecule has 1 aliphatic carbocycles. The number of fused-ring (bicyclic) bond motifs is 2. The molecular weight excluding hydrogens is 280 g/mol. The Hall–Kier alpha value is -2.08. The van der Waals surface area contributed by atoms with E-state index < -0.39 is 0 Å². The minimum absolute atomic E-state index is 0.0275. The highest BCUT2D eigenvalue weighted by atomic mass is 16.2. The van der Waals surface area contributed by atoms with E-state index in [0.29, 0.717) is 13.1 Å². The number of H-pyrrole nitrogens is 1. The van der Waals surface area contributed by atoms with E-state index in [0.717, 1.165) is 25.9 Å². The van der Waals surface area contributed by atoms with Crippen molar-refractivity contribution in [2.75, 3.05) is 26.2 Å². The van der Waals surface area contributed by atoms with Gasteiger partial charge in [0.2, 0.25) is 11.8 Å². The van der Waals surface area contributed by atoms with Gasteiger partial charge in [0.25, 0.3) is 0 Å². The van der Waals surface area contributed by atoms with Crippen LogP contribution in [0.25, 0.3) is 12.2 Å². The summed E-state index contributed by atoms with van der Waals surface area (Å²) >= 11 is 0. The molecule has 2 fully saturated rings. The van der Waals surface area contributed by atoms with E-state index in [1.54, 1.807) is 4.90 Å². The number of aromatic nitrogens is 1. The molecule has 3 aliphatic rings. The number of nitrogens with one attached hydrogen (secondary N) is 2. The highest BCUT2D eigenvalue weighted by Gasteiger charge is 2.38. The van der Waals surface area contributed by atoms with Crippen molar-refractivity contribution in [2.45, 2.75) is 25.4 Å². The first-order chi connectivity index (χ1) is 10.7. The van der Waals surface area contributed by atoms with E-state index in [4.69, 9.17) is 0 Å². The van der Waals surface area contributed by atoms with Crippen LogP contribution in [-0.4, -0.2) is 58.8 Å². The number of piperazine rings is 2. The van der Waals surface area contributed by atoms with Gasteiger partial charge in [0.1, 0.15) is 6.04 Å². The lowest BCUT2D eigenvalue weighted by Gasteiger charge is -2.42. The van der Waals surface area contributed by atoms with Crippen LogP contribution in [0.5, 0.6) is 0 Å². The van der Waals surface area contributed by atoms with Crippen LogP contribution in [0, 0.1) is 0 Å². The molecule has 6 nitrogen and oxygen atoms in total. The average Bonchev–Trinajstić information content (AvgIpc) is 2.94. The van der Waals surface area contributed by atoms with E-state index in [1.165, 1.54) is 16.1 Å². The van der Waals surface area contributed by atoms with Crippen molar-refractivity contribution in [1.82, 2.24) is 20.1 Å². The Balaban J connectivity index is 1.52. The molecule has 1 atom stereocenters. The Morgan fingerprint density at radius 3 is 2.95 bits per heavy atom. The molecule has 0 aromatic carbocycles. The smallest absolute Gasteiger partial charge is 0.244 e. The van der Waals surface area contributed by atoms with Crippen molar-refractivity contribution in [1.29, 1.82) is 0 Å². The fourth-order valence-corrected chi connectivity index (χ4v) is 3.62. The van der Waals surface area contributed by atoms with Gasteiger partial charge in [-0.15, -0.1) is 0 Å². The molecule has 0 saturated carbocycles. The van der Waals surface area contributed by atoms with Gasteiger partial charge in [-0.05, 0) is 23.6 Å². The highest BCUT2D eigenvalue weighted by molar-refractivity contribution is 5.95. The zero-order valence-corrected chi connectivity index (χ0v) is 12.5. The van der Waals surface area contributed by atoms with Crippen molar-refractivity contribution in [3.05, 3.63) is 22.3 Å². The van der Waals surface area contributed by atoms with Crippen LogP contribution >= 0.6 is 0 Å². The maximum Gasteiger partial charge on any atom is 0.244 e. The molecular formula is C16H20N4O2. The average molecular weight is 300 g/mol. The quantitative estimate of drug-likeness (QED) is 0.699. The Morgan fingerprint density at radius 1 is 1.18 bits per heavy atom. The maximum absolute atomic E-state index is 12.0. The number of hydrogen-bond acceptors (Lipinski definition) is 3. The third-order valence-corrected chi connectivity index (χ3v) is 4.80. The lowest BCUT2D eigenvalue weighted by molar-refractivity contribution is -0.149. The molecule has 3 heterocycles. The van der Waals surface area contributed by atoms with Gasteiger partial charge >= 0.3 is 0 Å². The molecule has 1 aromatic heterocycles. The largest absolute Gasteiger partial charge is 0.361 e. The fraction of sp³-hybridized carbons (Fsp3) is 0.500. The number of hydrogen-bond donors (Lipinski definition) is 2. The van der Waals surface area contributed by atoms with Gasteiger partial charge in [-0.1, -0.05) is 12.2 Å². The molecule has 1 unspecified atom stereocenters. The first kappa shape index (κ1) is 13.6. The third kappa shape index (κ3) is 2.23. The number of aromatic amines is 1. The predicted octanol–water partition coefficient (Wildman–Crippen LogP) is -1.49. The van der Waals surface area contributed by atoms with E-state index in [9.17, 15) is 9.59 Å². The summed E-state index contributed by atoms with van der Waals surface area (Å²) in [4.78, 5) is 31.2. The van der Waals surface area contributed by atoms with Gasteiger partial charge < -0.3 is 15.2 Å². The Morgan fingerprint density at radius 2 is 2.05 bits per heavy atom. The maximum atomic E-state index is 12.0. The highest BCUT2D eigenvalue weighted by Crippen LogP contribution is 2.15. The Kier molecular flexibility index (Phi) is 3.26. The van der Waals surface area contributed by atoms with Gasteiger partial charge in [0.15, 0.2) is 0 Å². The molecule has 22 heavy (non-hydrogen) atoms. The van der Waals surface area contributed by atoms with Gasteiger partial charge in [0.05, 0.1) is 6.54 Å². The van der Waals surface area contributed by atoms with Crippen LogP contribution in [-0.2, 0) is 16.1 Å². The van der Waals surface area contributed by atoms with Gasteiger partial charge in [-0.2, -0.15) is 0 Å². The summed E-state index contributed by atoms with van der Waals surface area (Å²) < 4.78 is 0. The zero-order valence-electron chi connectivity index (χ0n) is 12.5. The van der Waals surface area contributed by atoms with E-state index in [-0.39, 0.29) is 24.4 Å². The number of rotatable bonds is 2. The molecule has 2 saturated heterocycles. The molecule has 2 amide bonds. The Labute approximate surface area is 128 Å². The minimum Gasteiger partial charge on any atom is -0.361 e. The molecule has 2 aliphatic heterocycles. The second-order valence-electron chi connectivity index (χ2n) is 6.18. The number of nitrogens with zero attached hydrogens (tertiary/aromatic N) is 2. The Bertz CT molecular complexity index is 736. The molecule has 0 bridgehead atoms. The van der Waals surface area contributed by atoms with Gasteiger partial charge in [-0.3, -0.25) is 14.5 Å². The number of carbonyl (C=O) groups excluding carboxylic acids is 2. The molecule has 116 valence electrons. The standard InChI is InChI=1S/C16H20N4O2/c21-15-8-18-16(22)14-10-19(5-6-20(14)15)9-11-7-17-13-4-2-1-3-12(11)13/h3-4,7,14,17H,1-2,5-6,8-10H2,(H,18,22). The molecule has 1 aromatic rings. The summed E-state index contributed by atoms with van der Waals surface area (Å²) in [5.74, 6) is 0.00602. The normalized spacial score (nSPS) is 24.9. The van der Waals surface area contributed by atoms with Crippen molar-refractivity contribution in [3.63, 3.8) is 0 Å². The van der Waals surface area contributed by atoms with E-state index in [1.807, 2.05) is 0 Å². The molecule has 6 heteroatoms. The van der Waals surface area contributed by atoms with Crippen molar-refractivity contribution < 1.29 is 9.59 Å². The van der Waals surface area contributed by atoms with Crippen LogP contribution in [0.2, 0.25) is 0 Å². The van der Waals surface area contributed by atoms with Gasteiger partial charge in [-0.25, -0.2) is 0 Å². The molecule has 0 spiro atoms. The van der Waals surface area contributed by atoms with Crippen molar-refractivity contribution in [3.8, 4) is 0 Å². The van der Waals surface area contributed by atoms with Crippen LogP contribution in [0.3, 0.4) is 0 Å². The monoisotopic (exact) mass is 300 g/mol. The number of amides is 2. The first-order valence-corrected chi connectivity index (χ1v) is 7.88. The summed E-state index contributed by atoms with van der Waals surface area (Å²) in [7, 11) is 0. The topological polar surface area (TPSA) is 68.4 Å². The fourth-order valence-electron chi connectivity index (χ4n) is 3.62. The summed E-state index contributed by atoms with van der Waals surface area (Å²) in [5, 5.41) is 5.20. The summed E-state index contributed by atoms with van der Waals surface area (Å²) in [6.07, 6.45) is 8.78. The van der Waals surface area contributed by atoms with Crippen LogP contribution in [0.15, 0.2) is 6.20 Å². The number of carbonyl (C=O) groups is 2. The summed E-state index contributed by atoms with van der Waals surface area (Å²) in [5.41, 5.74) is 1.28. The van der Waals surface area contributed by atoms with E-state index in [2.05, 4.69) is 33.5 Å². The molecule has 2 N–H and O–H groups in total. The van der Waals surface area contributed by atoms with Crippen molar-refractivity contribution in [2.24, 2.45) is 0 Å². The molecule has 0 radical (unpaired) electrons. The second kappa shape index (κ2) is 5.28. The summed E-state index contributed by atoms with van der Waals surface area (Å²) in [6, 6.07) is -0.333. The third-order valence-electron chi connectivity index (χ3n) is 4.80. The second-order valence-corrected chi connectivity index (χ2v) is 6.18. The lowest BCUT2D eigenvalue weighted by Crippen LogP contribution is -2.65. The van der Waals surface area contributed by atoms with Crippen LogP contribution < -0.4 is 15.9 Å². The first-order valence-electron chi connectivity index (χ1n) is 7.88.